The second-order valence-corrected chi connectivity index (χ2v) is 5.05. The van der Waals surface area contributed by atoms with E-state index >= 15 is 0 Å². The smallest absolute Gasteiger partial charge is 0.343 e. The molecule has 2 rings (SSSR count). The average Bonchev–Trinajstić information content (AvgIpc) is 3.00. The zero-order valence-electron chi connectivity index (χ0n) is 14.2. The highest BCUT2D eigenvalue weighted by Crippen LogP contribution is 2.18. The van der Waals surface area contributed by atoms with Gasteiger partial charge in [0.1, 0.15) is 11.8 Å². The summed E-state index contributed by atoms with van der Waals surface area (Å²) in [6.07, 6.45) is 3.43. The van der Waals surface area contributed by atoms with Gasteiger partial charge in [-0.1, -0.05) is 0 Å². The second-order valence-electron chi connectivity index (χ2n) is 5.05. The Morgan fingerprint density at radius 1 is 1.28 bits per heavy atom. The SMILES string of the molecule is CNC(C(=O)Nc1ccc(OCC(=O)OC)cc1)c1cnn(C)c1.Cl. The van der Waals surface area contributed by atoms with Crippen LogP contribution in [0.5, 0.6) is 5.75 Å². The highest BCUT2D eigenvalue weighted by atomic mass is 35.5. The van der Waals surface area contributed by atoms with Crippen LogP contribution < -0.4 is 15.4 Å². The number of halogens is 1. The molecule has 9 heteroatoms. The van der Waals surface area contributed by atoms with Gasteiger partial charge in [-0.25, -0.2) is 4.79 Å². The third-order valence-corrected chi connectivity index (χ3v) is 3.32. The summed E-state index contributed by atoms with van der Waals surface area (Å²) in [5.41, 5.74) is 1.39. The first-order valence-corrected chi connectivity index (χ1v) is 7.30. The first-order valence-electron chi connectivity index (χ1n) is 7.30. The van der Waals surface area contributed by atoms with Crippen molar-refractivity contribution in [3.8, 4) is 5.75 Å². The fourth-order valence-corrected chi connectivity index (χ4v) is 2.09. The van der Waals surface area contributed by atoms with Gasteiger partial charge in [0.2, 0.25) is 5.91 Å². The number of anilines is 1. The van der Waals surface area contributed by atoms with Crippen molar-refractivity contribution in [1.29, 1.82) is 0 Å². The number of rotatable bonds is 7. The number of amides is 1. The molecule has 1 atom stereocenters. The van der Waals surface area contributed by atoms with Gasteiger partial charge >= 0.3 is 5.97 Å². The number of aromatic nitrogens is 2. The van der Waals surface area contributed by atoms with Crippen LogP contribution in [0.4, 0.5) is 5.69 Å². The van der Waals surface area contributed by atoms with Gasteiger partial charge in [-0.3, -0.25) is 9.48 Å². The molecule has 1 heterocycles. The van der Waals surface area contributed by atoms with E-state index in [0.29, 0.717) is 11.4 Å². The first kappa shape index (κ1) is 20.5. The minimum absolute atomic E-state index is 0. The monoisotopic (exact) mass is 368 g/mol. The van der Waals surface area contributed by atoms with Gasteiger partial charge in [0, 0.05) is 24.5 Å². The number of carbonyl (C=O) groups excluding carboxylic acids is 2. The maximum atomic E-state index is 12.4. The molecule has 0 fully saturated rings. The molecule has 1 aromatic carbocycles. The van der Waals surface area contributed by atoms with Crippen molar-refractivity contribution in [2.75, 3.05) is 26.1 Å². The number of methoxy groups -OCH3 is 1. The molecule has 1 unspecified atom stereocenters. The number of likely N-dealkylation sites (N-methyl/N-ethyl adjacent to an activating group) is 1. The maximum Gasteiger partial charge on any atom is 0.343 e. The quantitative estimate of drug-likeness (QED) is 0.715. The van der Waals surface area contributed by atoms with Gasteiger partial charge in [0.05, 0.1) is 13.3 Å². The molecule has 2 N–H and O–H groups in total. The summed E-state index contributed by atoms with van der Waals surface area (Å²) in [5.74, 6) is -0.148. The third-order valence-electron chi connectivity index (χ3n) is 3.32. The van der Waals surface area contributed by atoms with Crippen LogP contribution >= 0.6 is 12.4 Å². The van der Waals surface area contributed by atoms with Gasteiger partial charge < -0.3 is 20.1 Å². The standard InChI is InChI=1S/C16H20N4O4.ClH/c1-17-15(11-8-18-20(2)9-11)16(22)19-12-4-6-13(7-5-12)24-10-14(21)23-3;/h4-9,15,17H,10H2,1-3H3,(H,19,22);1H. The third kappa shape index (κ3) is 5.77. The van der Waals surface area contributed by atoms with Crippen LogP contribution in [0.3, 0.4) is 0 Å². The van der Waals surface area contributed by atoms with Crippen molar-refractivity contribution >= 4 is 30.0 Å². The van der Waals surface area contributed by atoms with E-state index in [0.717, 1.165) is 5.56 Å². The van der Waals surface area contributed by atoms with E-state index in [2.05, 4.69) is 20.5 Å². The van der Waals surface area contributed by atoms with E-state index < -0.39 is 12.0 Å². The number of hydrogen-bond donors (Lipinski definition) is 2. The lowest BCUT2D eigenvalue weighted by Gasteiger charge is -2.14. The minimum Gasteiger partial charge on any atom is -0.482 e. The lowest BCUT2D eigenvalue weighted by atomic mass is 10.1. The Hall–Kier alpha value is -2.58. The number of benzene rings is 1. The molecule has 25 heavy (non-hydrogen) atoms. The van der Waals surface area contributed by atoms with Crippen molar-refractivity contribution in [3.05, 3.63) is 42.2 Å². The largest absolute Gasteiger partial charge is 0.482 e. The predicted octanol–water partition coefficient (Wildman–Crippen LogP) is 1.29. The molecule has 2 aromatic rings. The van der Waals surface area contributed by atoms with Crippen molar-refractivity contribution in [1.82, 2.24) is 15.1 Å². The van der Waals surface area contributed by atoms with Gasteiger partial charge in [-0.05, 0) is 31.3 Å². The molecule has 0 spiro atoms. The highest BCUT2D eigenvalue weighted by molar-refractivity contribution is 5.95. The molecule has 0 radical (unpaired) electrons. The average molecular weight is 369 g/mol. The molecule has 0 aliphatic heterocycles. The van der Waals surface area contributed by atoms with Gasteiger partial charge in [-0.2, -0.15) is 5.10 Å². The minimum atomic E-state index is -0.506. The van der Waals surface area contributed by atoms with Crippen LogP contribution in [-0.4, -0.2) is 42.4 Å². The summed E-state index contributed by atoms with van der Waals surface area (Å²) in [5, 5.41) is 9.85. The summed E-state index contributed by atoms with van der Waals surface area (Å²) >= 11 is 0. The molecular weight excluding hydrogens is 348 g/mol. The van der Waals surface area contributed by atoms with E-state index in [-0.39, 0.29) is 24.9 Å². The Morgan fingerprint density at radius 2 is 1.96 bits per heavy atom. The molecule has 1 amide bonds. The predicted molar refractivity (Wildman–Crippen MR) is 94.8 cm³/mol. The summed E-state index contributed by atoms with van der Waals surface area (Å²) in [6, 6.07) is 6.21. The molecule has 8 nitrogen and oxygen atoms in total. The summed E-state index contributed by atoms with van der Waals surface area (Å²) in [4.78, 5) is 23.4. The second kappa shape index (κ2) is 9.65. The molecule has 0 saturated carbocycles. The Balaban J connectivity index is 0.00000312. The lowest BCUT2D eigenvalue weighted by molar-refractivity contribution is -0.142. The van der Waals surface area contributed by atoms with Crippen LogP contribution in [0.15, 0.2) is 36.7 Å². The van der Waals surface area contributed by atoms with Crippen LogP contribution in [0, 0.1) is 0 Å². The van der Waals surface area contributed by atoms with E-state index in [1.54, 1.807) is 55.4 Å². The Bertz CT molecular complexity index is 702. The van der Waals surface area contributed by atoms with Crippen molar-refractivity contribution in [2.24, 2.45) is 7.05 Å². The number of carbonyl (C=O) groups is 2. The van der Waals surface area contributed by atoms with Gasteiger partial charge in [-0.15, -0.1) is 12.4 Å². The van der Waals surface area contributed by atoms with Crippen LogP contribution in [-0.2, 0) is 21.4 Å². The number of nitrogens with zero attached hydrogens (tertiary/aromatic N) is 2. The Kier molecular flexibility index (Phi) is 7.90. The highest BCUT2D eigenvalue weighted by Gasteiger charge is 2.20. The molecule has 136 valence electrons. The van der Waals surface area contributed by atoms with E-state index in [9.17, 15) is 9.59 Å². The van der Waals surface area contributed by atoms with Crippen LogP contribution in [0.1, 0.15) is 11.6 Å². The number of hydrogen-bond acceptors (Lipinski definition) is 6. The van der Waals surface area contributed by atoms with Gasteiger partial charge in [0.25, 0.3) is 0 Å². The first-order chi connectivity index (χ1) is 11.5. The molecule has 0 saturated heterocycles. The number of aryl methyl sites for hydroxylation is 1. The number of ether oxygens (including phenoxy) is 2. The van der Waals surface area contributed by atoms with Crippen molar-refractivity contribution in [3.63, 3.8) is 0 Å². The normalized spacial score (nSPS) is 11.2. The number of nitrogens with one attached hydrogen (secondary N) is 2. The zero-order chi connectivity index (χ0) is 17.5. The van der Waals surface area contributed by atoms with E-state index in [1.165, 1.54) is 7.11 Å². The molecule has 0 aliphatic rings. The summed E-state index contributed by atoms with van der Waals surface area (Å²) in [6.45, 7) is -0.162. The topological polar surface area (TPSA) is 94.5 Å². The fourth-order valence-electron chi connectivity index (χ4n) is 2.09. The maximum absolute atomic E-state index is 12.4. The molecule has 1 aromatic heterocycles. The Labute approximate surface area is 151 Å². The van der Waals surface area contributed by atoms with Crippen molar-refractivity contribution in [2.45, 2.75) is 6.04 Å². The fraction of sp³-hybridized carbons (Fsp3) is 0.312. The summed E-state index contributed by atoms with van der Waals surface area (Å²) in [7, 11) is 4.80. The molecular formula is C16H21ClN4O4. The van der Waals surface area contributed by atoms with Gasteiger partial charge in [0.15, 0.2) is 6.61 Å². The van der Waals surface area contributed by atoms with E-state index in [1.807, 2.05) is 0 Å². The Morgan fingerprint density at radius 3 is 2.48 bits per heavy atom. The van der Waals surface area contributed by atoms with Crippen LogP contribution in [0.2, 0.25) is 0 Å². The molecule has 0 aliphatic carbocycles. The van der Waals surface area contributed by atoms with Crippen molar-refractivity contribution < 1.29 is 19.1 Å². The zero-order valence-corrected chi connectivity index (χ0v) is 15.0. The van der Waals surface area contributed by atoms with Crippen LogP contribution in [0.25, 0.3) is 0 Å². The summed E-state index contributed by atoms with van der Waals surface area (Å²) < 4.78 is 11.4. The lowest BCUT2D eigenvalue weighted by Crippen LogP contribution is -2.30. The number of esters is 1. The van der Waals surface area contributed by atoms with E-state index in [4.69, 9.17) is 4.74 Å². The molecule has 0 bridgehead atoms.